The van der Waals surface area contributed by atoms with Crippen molar-refractivity contribution in [3.63, 3.8) is 0 Å². The molecule has 3 aromatic rings. The molecule has 1 aromatic heterocycles. The van der Waals surface area contributed by atoms with Crippen LogP contribution in [0, 0.1) is 13.8 Å². The number of nitrogens with zero attached hydrogens (tertiary/aromatic N) is 4. The van der Waals surface area contributed by atoms with Crippen LogP contribution in [0.2, 0.25) is 0 Å². The topological polar surface area (TPSA) is 75.5 Å². The van der Waals surface area contributed by atoms with E-state index in [4.69, 9.17) is 0 Å². The molecule has 1 aliphatic rings. The van der Waals surface area contributed by atoms with Gasteiger partial charge in [0.25, 0.3) is 5.91 Å². The van der Waals surface area contributed by atoms with E-state index >= 15 is 0 Å². The van der Waals surface area contributed by atoms with Crippen molar-refractivity contribution in [3.05, 3.63) is 88.6 Å². The van der Waals surface area contributed by atoms with Crippen molar-refractivity contribution in [2.45, 2.75) is 13.8 Å². The van der Waals surface area contributed by atoms with E-state index in [2.05, 4.69) is 5.10 Å². The molecule has 0 spiro atoms. The fraction of sp³-hybridized carbons (Fsp3) is 0.250. The predicted molar refractivity (Wildman–Crippen MR) is 125 cm³/mol. The van der Waals surface area contributed by atoms with Crippen LogP contribution in [0.15, 0.2) is 66.2 Å². The summed E-state index contributed by atoms with van der Waals surface area (Å²) >= 11 is 0. The van der Waals surface area contributed by atoms with Gasteiger partial charge in [0.05, 0.1) is 23.1 Å². The zero-order chi connectivity index (χ0) is 22.7. The molecule has 4 rings (SSSR count). The predicted octanol–water partition coefficient (Wildman–Crippen LogP) is 3.25. The lowest BCUT2D eigenvalue weighted by molar-refractivity contribution is 0.0698. The van der Waals surface area contributed by atoms with Crippen molar-refractivity contribution in [2.24, 2.45) is 0 Å². The molecule has 166 valence electrons. The van der Waals surface area contributed by atoms with Gasteiger partial charge in [-0.2, -0.15) is 9.40 Å². The monoisotopic (exact) mass is 450 g/mol. The van der Waals surface area contributed by atoms with Crippen LogP contribution >= 0.6 is 0 Å². The zero-order valence-corrected chi connectivity index (χ0v) is 19.0. The summed E-state index contributed by atoms with van der Waals surface area (Å²) in [5.74, 6) is -0.127. The summed E-state index contributed by atoms with van der Waals surface area (Å²) in [7, 11) is -3.54. The highest BCUT2D eigenvalue weighted by molar-refractivity contribution is 7.92. The van der Waals surface area contributed by atoms with Gasteiger partial charge < -0.3 is 4.90 Å². The van der Waals surface area contributed by atoms with E-state index in [1.807, 2.05) is 68.4 Å². The molecular formula is C24H26N4O3S. The minimum absolute atomic E-state index is 0.127. The smallest absolute Gasteiger partial charge is 0.257 e. The van der Waals surface area contributed by atoms with Gasteiger partial charge in [-0.15, -0.1) is 0 Å². The van der Waals surface area contributed by atoms with Gasteiger partial charge >= 0.3 is 0 Å². The van der Waals surface area contributed by atoms with E-state index in [0.29, 0.717) is 18.7 Å². The molecule has 0 atom stereocenters. The largest absolute Gasteiger partial charge is 0.336 e. The van der Waals surface area contributed by atoms with Crippen molar-refractivity contribution in [3.8, 4) is 5.69 Å². The summed E-state index contributed by atoms with van der Waals surface area (Å²) in [6, 6.07) is 17.2. The highest BCUT2D eigenvalue weighted by atomic mass is 32.2. The molecule has 2 heterocycles. The molecule has 0 unspecified atom stereocenters. The minimum atomic E-state index is -3.54. The van der Waals surface area contributed by atoms with Crippen LogP contribution in [0.1, 0.15) is 27.2 Å². The van der Waals surface area contributed by atoms with Gasteiger partial charge in [-0.25, -0.2) is 13.1 Å². The van der Waals surface area contributed by atoms with Crippen LogP contribution in [-0.4, -0.2) is 59.5 Å². The Hall–Kier alpha value is -3.23. The number of aromatic nitrogens is 2. The van der Waals surface area contributed by atoms with Crippen molar-refractivity contribution >= 4 is 22.0 Å². The normalized spacial score (nSPS) is 15.4. The average molecular weight is 451 g/mol. The molecule has 1 aliphatic heterocycles. The second kappa shape index (κ2) is 9.10. The maximum Gasteiger partial charge on any atom is 0.257 e. The maximum atomic E-state index is 13.1. The maximum absolute atomic E-state index is 13.1. The SMILES string of the molecule is Cc1ccc(-n2ncc(C(=O)N3CCN(S(=O)(=O)C=Cc4ccccc4)CC3)c2C)cc1. The van der Waals surface area contributed by atoms with Gasteiger partial charge in [-0.05, 0) is 37.6 Å². The van der Waals surface area contributed by atoms with E-state index in [0.717, 1.165) is 22.5 Å². The van der Waals surface area contributed by atoms with Crippen LogP contribution < -0.4 is 0 Å². The van der Waals surface area contributed by atoms with Gasteiger partial charge in [0.1, 0.15) is 0 Å². The van der Waals surface area contributed by atoms with Gasteiger partial charge in [-0.3, -0.25) is 4.79 Å². The number of aryl methyl sites for hydroxylation is 1. The summed E-state index contributed by atoms with van der Waals surface area (Å²) in [6.45, 7) is 5.09. The fourth-order valence-corrected chi connectivity index (χ4v) is 4.87. The first kappa shape index (κ1) is 22.0. The first-order valence-electron chi connectivity index (χ1n) is 10.5. The van der Waals surface area contributed by atoms with Gasteiger partial charge in [-0.1, -0.05) is 48.0 Å². The third kappa shape index (κ3) is 4.66. The lowest BCUT2D eigenvalue weighted by Gasteiger charge is -2.33. The molecule has 32 heavy (non-hydrogen) atoms. The van der Waals surface area contributed by atoms with Crippen molar-refractivity contribution in [2.75, 3.05) is 26.2 Å². The summed E-state index contributed by atoms with van der Waals surface area (Å²) in [4.78, 5) is 14.8. The van der Waals surface area contributed by atoms with Crippen LogP contribution in [0.3, 0.4) is 0 Å². The van der Waals surface area contributed by atoms with Crippen molar-refractivity contribution in [1.82, 2.24) is 19.0 Å². The number of piperazine rings is 1. The van der Waals surface area contributed by atoms with Gasteiger partial charge in [0, 0.05) is 31.6 Å². The van der Waals surface area contributed by atoms with Gasteiger partial charge in [0.2, 0.25) is 10.0 Å². The number of rotatable bonds is 5. The quantitative estimate of drug-likeness (QED) is 0.598. The number of benzene rings is 2. The first-order chi connectivity index (χ1) is 15.3. The molecule has 2 aromatic carbocycles. The highest BCUT2D eigenvalue weighted by Gasteiger charge is 2.29. The molecule has 0 N–H and O–H groups in total. The Morgan fingerprint density at radius 3 is 2.25 bits per heavy atom. The Balaban J connectivity index is 1.42. The summed E-state index contributed by atoms with van der Waals surface area (Å²) in [6.07, 6.45) is 3.18. The number of hydrogen-bond acceptors (Lipinski definition) is 4. The van der Waals surface area contributed by atoms with E-state index < -0.39 is 10.0 Å². The Labute approximate surface area is 188 Å². The number of sulfonamides is 1. The van der Waals surface area contributed by atoms with Crippen molar-refractivity contribution in [1.29, 1.82) is 0 Å². The first-order valence-corrected chi connectivity index (χ1v) is 12.0. The lowest BCUT2D eigenvalue weighted by Crippen LogP contribution is -2.50. The van der Waals surface area contributed by atoms with E-state index in [-0.39, 0.29) is 19.0 Å². The number of amides is 1. The molecule has 0 bridgehead atoms. The molecule has 1 fully saturated rings. The molecule has 8 heteroatoms. The molecule has 0 aliphatic carbocycles. The van der Waals surface area contributed by atoms with Crippen LogP contribution in [0.25, 0.3) is 11.8 Å². The molecule has 7 nitrogen and oxygen atoms in total. The van der Waals surface area contributed by atoms with Crippen LogP contribution in [0.4, 0.5) is 0 Å². The number of hydrogen-bond donors (Lipinski definition) is 0. The molecular weight excluding hydrogens is 424 g/mol. The molecule has 1 amide bonds. The van der Waals surface area contributed by atoms with Crippen LogP contribution in [0.5, 0.6) is 0 Å². The highest BCUT2D eigenvalue weighted by Crippen LogP contribution is 2.18. The van der Waals surface area contributed by atoms with Gasteiger partial charge in [0.15, 0.2) is 0 Å². The fourth-order valence-electron chi connectivity index (χ4n) is 3.70. The third-order valence-electron chi connectivity index (χ3n) is 5.64. The standard InChI is InChI=1S/C24H26N4O3S/c1-19-8-10-22(11-9-19)28-20(2)23(18-25-28)24(29)26-13-15-27(16-14-26)32(30,31)17-12-21-6-4-3-5-7-21/h3-12,17-18H,13-16H2,1-2H3. The molecule has 0 saturated carbocycles. The lowest BCUT2D eigenvalue weighted by atomic mass is 10.2. The summed E-state index contributed by atoms with van der Waals surface area (Å²) in [5.41, 5.74) is 4.17. The minimum Gasteiger partial charge on any atom is -0.336 e. The number of carbonyl (C=O) groups is 1. The second-order valence-corrected chi connectivity index (χ2v) is 9.66. The Morgan fingerprint density at radius 1 is 0.938 bits per heavy atom. The molecule has 1 saturated heterocycles. The van der Waals surface area contributed by atoms with E-state index in [9.17, 15) is 13.2 Å². The third-order valence-corrected chi connectivity index (χ3v) is 7.20. The second-order valence-electron chi connectivity index (χ2n) is 7.84. The Kier molecular flexibility index (Phi) is 6.25. The Morgan fingerprint density at radius 2 is 1.59 bits per heavy atom. The zero-order valence-electron chi connectivity index (χ0n) is 18.2. The molecule has 0 radical (unpaired) electrons. The van der Waals surface area contributed by atoms with E-state index in [1.165, 1.54) is 9.71 Å². The Bertz CT molecular complexity index is 1220. The average Bonchev–Trinajstić information content (AvgIpc) is 3.20. The number of carbonyl (C=O) groups excluding carboxylic acids is 1. The van der Waals surface area contributed by atoms with Crippen LogP contribution in [-0.2, 0) is 10.0 Å². The van der Waals surface area contributed by atoms with E-state index in [1.54, 1.807) is 21.9 Å². The van der Waals surface area contributed by atoms with Crippen molar-refractivity contribution < 1.29 is 13.2 Å². The summed E-state index contributed by atoms with van der Waals surface area (Å²) in [5, 5.41) is 5.62. The summed E-state index contributed by atoms with van der Waals surface area (Å²) < 4.78 is 28.5.